The minimum atomic E-state index is -0.171. The van der Waals surface area contributed by atoms with Crippen molar-refractivity contribution in [2.45, 2.75) is 65.3 Å². The van der Waals surface area contributed by atoms with E-state index in [9.17, 15) is 9.59 Å². The lowest BCUT2D eigenvalue weighted by molar-refractivity contribution is -0.135. The van der Waals surface area contributed by atoms with Crippen LogP contribution in [0.25, 0.3) is 0 Å². The van der Waals surface area contributed by atoms with Crippen molar-refractivity contribution in [2.75, 3.05) is 11.9 Å². The molecule has 23 heavy (non-hydrogen) atoms. The Kier molecular flexibility index (Phi) is 6.50. The first-order chi connectivity index (χ1) is 11.0. The highest BCUT2D eigenvalue weighted by molar-refractivity contribution is 7.15. The number of rotatable bonds is 6. The van der Waals surface area contributed by atoms with Crippen molar-refractivity contribution in [2.24, 2.45) is 5.92 Å². The summed E-state index contributed by atoms with van der Waals surface area (Å²) in [6.45, 7) is 7.13. The third-order valence-corrected chi connectivity index (χ3v) is 4.85. The number of nitrogens with zero attached hydrogens (tertiary/aromatic N) is 3. The third-order valence-electron chi connectivity index (χ3n) is 3.99. The molecule has 1 aliphatic heterocycles. The molecule has 1 aromatic heterocycles. The third kappa shape index (κ3) is 5.57. The fourth-order valence-corrected chi connectivity index (χ4v) is 3.72. The molecule has 1 fully saturated rings. The van der Waals surface area contributed by atoms with Gasteiger partial charge in [0.1, 0.15) is 5.01 Å². The van der Waals surface area contributed by atoms with E-state index in [1.165, 1.54) is 17.8 Å². The largest absolute Gasteiger partial charge is 0.340 e. The summed E-state index contributed by atoms with van der Waals surface area (Å²) in [5.74, 6) is 0.413. The molecule has 1 N–H and O–H groups in total. The van der Waals surface area contributed by atoms with Gasteiger partial charge in [0.05, 0.1) is 0 Å². The Morgan fingerprint density at radius 3 is 2.78 bits per heavy atom. The van der Waals surface area contributed by atoms with Gasteiger partial charge in [-0.25, -0.2) is 0 Å². The summed E-state index contributed by atoms with van der Waals surface area (Å²) in [5, 5.41) is 12.2. The van der Waals surface area contributed by atoms with Crippen LogP contribution in [0.4, 0.5) is 5.13 Å². The van der Waals surface area contributed by atoms with E-state index in [2.05, 4.69) is 36.3 Å². The number of hydrogen-bond donors (Lipinski definition) is 1. The Morgan fingerprint density at radius 1 is 1.30 bits per heavy atom. The summed E-state index contributed by atoms with van der Waals surface area (Å²) in [6, 6.07) is 0.293. The molecule has 2 amide bonds. The number of carbonyl (C=O) groups excluding carboxylic acids is 2. The van der Waals surface area contributed by atoms with Crippen LogP contribution in [0.1, 0.15) is 57.9 Å². The molecule has 0 spiro atoms. The zero-order valence-electron chi connectivity index (χ0n) is 14.2. The molecular formula is C16H26N4O2S. The quantitative estimate of drug-likeness (QED) is 0.865. The zero-order valence-corrected chi connectivity index (χ0v) is 15.0. The number of anilines is 1. The van der Waals surface area contributed by atoms with Crippen LogP contribution in [0.5, 0.6) is 0 Å². The molecule has 128 valence electrons. The average Bonchev–Trinajstić information content (AvgIpc) is 2.91. The Labute approximate surface area is 141 Å². The van der Waals surface area contributed by atoms with Crippen molar-refractivity contribution in [1.29, 1.82) is 0 Å². The lowest BCUT2D eigenvalue weighted by atomic mass is 10.0. The highest BCUT2D eigenvalue weighted by Gasteiger charge is 2.23. The average molecular weight is 338 g/mol. The maximum absolute atomic E-state index is 12.2. The van der Waals surface area contributed by atoms with E-state index in [0.717, 1.165) is 30.8 Å². The molecule has 0 aromatic carbocycles. The van der Waals surface area contributed by atoms with Crippen molar-refractivity contribution in [3.63, 3.8) is 0 Å². The first-order valence-corrected chi connectivity index (χ1v) is 9.19. The van der Waals surface area contributed by atoms with Gasteiger partial charge in [-0.05, 0) is 32.1 Å². The first-order valence-electron chi connectivity index (χ1n) is 8.37. The van der Waals surface area contributed by atoms with Gasteiger partial charge in [0.15, 0.2) is 0 Å². The van der Waals surface area contributed by atoms with Gasteiger partial charge in [0.25, 0.3) is 0 Å². The van der Waals surface area contributed by atoms with Gasteiger partial charge in [0, 0.05) is 31.8 Å². The summed E-state index contributed by atoms with van der Waals surface area (Å²) < 4.78 is 0. The molecule has 1 saturated heterocycles. The molecular weight excluding hydrogens is 312 g/mol. The Morgan fingerprint density at radius 2 is 2.09 bits per heavy atom. The van der Waals surface area contributed by atoms with Gasteiger partial charge >= 0.3 is 0 Å². The number of aromatic nitrogens is 2. The highest BCUT2D eigenvalue weighted by atomic mass is 32.1. The van der Waals surface area contributed by atoms with E-state index >= 15 is 0 Å². The van der Waals surface area contributed by atoms with Crippen LogP contribution in [-0.4, -0.2) is 39.5 Å². The molecule has 1 aromatic rings. The number of nitrogens with one attached hydrogen (secondary N) is 1. The summed E-state index contributed by atoms with van der Waals surface area (Å²) in [5.41, 5.74) is 0. The fourth-order valence-electron chi connectivity index (χ4n) is 2.75. The second kappa shape index (κ2) is 8.38. The standard InChI is InChI=1S/C16H26N4O2S/c1-11(2)10-14-18-19-16(23-14)17-13(21)7-8-15(22)20-9-5-4-6-12(20)3/h11-12H,4-10H2,1-3H3,(H,17,19,21). The van der Waals surface area contributed by atoms with Crippen molar-refractivity contribution in [1.82, 2.24) is 15.1 Å². The maximum Gasteiger partial charge on any atom is 0.226 e. The minimum absolute atomic E-state index is 0.0742. The normalized spacial score (nSPS) is 18.3. The molecule has 0 saturated carbocycles. The van der Waals surface area contributed by atoms with E-state index in [1.807, 2.05) is 4.90 Å². The van der Waals surface area contributed by atoms with Crippen LogP contribution in [0, 0.1) is 5.92 Å². The molecule has 2 rings (SSSR count). The van der Waals surface area contributed by atoms with E-state index in [4.69, 9.17) is 0 Å². The summed E-state index contributed by atoms with van der Waals surface area (Å²) in [7, 11) is 0. The molecule has 2 heterocycles. The van der Waals surface area contributed by atoms with Crippen molar-refractivity contribution in [3.8, 4) is 0 Å². The zero-order chi connectivity index (χ0) is 16.8. The van der Waals surface area contributed by atoms with Gasteiger partial charge < -0.3 is 10.2 Å². The predicted octanol–water partition coefficient (Wildman–Crippen LogP) is 2.86. The molecule has 7 heteroatoms. The van der Waals surface area contributed by atoms with Crippen molar-refractivity contribution in [3.05, 3.63) is 5.01 Å². The number of piperidine rings is 1. The van der Waals surface area contributed by atoms with Crippen LogP contribution in [-0.2, 0) is 16.0 Å². The fraction of sp³-hybridized carbons (Fsp3) is 0.750. The summed E-state index contributed by atoms with van der Waals surface area (Å²) in [6.07, 6.45) is 4.61. The maximum atomic E-state index is 12.2. The van der Waals surface area contributed by atoms with Gasteiger partial charge in [-0.15, -0.1) is 10.2 Å². The van der Waals surface area contributed by atoms with Crippen LogP contribution in [0.2, 0.25) is 0 Å². The predicted molar refractivity (Wildman–Crippen MR) is 91.3 cm³/mol. The van der Waals surface area contributed by atoms with Gasteiger partial charge in [0.2, 0.25) is 16.9 Å². The van der Waals surface area contributed by atoms with Gasteiger partial charge in [-0.1, -0.05) is 25.2 Å². The topological polar surface area (TPSA) is 75.2 Å². The Bertz CT molecular complexity index is 544. The Hall–Kier alpha value is -1.50. The van der Waals surface area contributed by atoms with E-state index < -0.39 is 0 Å². The summed E-state index contributed by atoms with van der Waals surface area (Å²) >= 11 is 1.40. The minimum Gasteiger partial charge on any atom is -0.340 e. The molecule has 0 bridgehead atoms. The first kappa shape index (κ1) is 17.8. The lowest BCUT2D eigenvalue weighted by Crippen LogP contribution is -2.42. The molecule has 1 atom stereocenters. The highest BCUT2D eigenvalue weighted by Crippen LogP contribution is 2.20. The molecule has 0 radical (unpaired) electrons. The SMILES string of the molecule is CC(C)Cc1nnc(NC(=O)CCC(=O)N2CCCCC2C)s1. The smallest absolute Gasteiger partial charge is 0.226 e. The van der Waals surface area contributed by atoms with Crippen molar-refractivity contribution >= 4 is 28.3 Å². The summed E-state index contributed by atoms with van der Waals surface area (Å²) in [4.78, 5) is 26.1. The van der Waals surface area contributed by atoms with E-state index in [-0.39, 0.29) is 24.7 Å². The van der Waals surface area contributed by atoms with Gasteiger partial charge in [-0.3, -0.25) is 9.59 Å². The van der Waals surface area contributed by atoms with Crippen LogP contribution >= 0.6 is 11.3 Å². The Balaban J connectivity index is 1.76. The molecule has 6 nitrogen and oxygen atoms in total. The van der Waals surface area contributed by atoms with E-state index in [1.54, 1.807) is 0 Å². The van der Waals surface area contributed by atoms with Crippen LogP contribution in [0.3, 0.4) is 0 Å². The van der Waals surface area contributed by atoms with E-state index in [0.29, 0.717) is 17.1 Å². The molecule has 0 aliphatic carbocycles. The number of carbonyl (C=O) groups is 2. The second-order valence-corrected chi connectivity index (χ2v) is 7.64. The molecule has 1 aliphatic rings. The number of amides is 2. The number of likely N-dealkylation sites (tertiary alicyclic amines) is 1. The second-order valence-electron chi connectivity index (χ2n) is 6.58. The number of hydrogen-bond acceptors (Lipinski definition) is 5. The lowest BCUT2D eigenvalue weighted by Gasteiger charge is -2.33. The van der Waals surface area contributed by atoms with Crippen LogP contribution in [0.15, 0.2) is 0 Å². The monoisotopic (exact) mass is 338 g/mol. The molecule has 1 unspecified atom stereocenters. The van der Waals surface area contributed by atoms with Crippen molar-refractivity contribution < 1.29 is 9.59 Å². The van der Waals surface area contributed by atoms with Gasteiger partial charge in [-0.2, -0.15) is 0 Å². The van der Waals surface area contributed by atoms with Crippen LogP contribution < -0.4 is 5.32 Å².